The van der Waals surface area contributed by atoms with E-state index < -0.39 is 6.04 Å². The largest absolute Gasteiger partial charge is 0.354 e. The lowest BCUT2D eigenvalue weighted by Gasteiger charge is -2.28. The second-order valence-corrected chi connectivity index (χ2v) is 8.27. The maximum absolute atomic E-state index is 13.0. The molecule has 0 aliphatic heterocycles. The summed E-state index contributed by atoms with van der Waals surface area (Å²) < 4.78 is 0. The Hall–Kier alpha value is -1.98. The normalized spacial score (nSPS) is 11.7. The Balaban J connectivity index is 1.98. The third kappa shape index (κ3) is 7.75. The number of thioether (sulfide) groups is 1. The van der Waals surface area contributed by atoms with Crippen molar-refractivity contribution in [3.63, 3.8) is 0 Å². The van der Waals surface area contributed by atoms with Crippen LogP contribution in [0.5, 0.6) is 0 Å². The van der Waals surface area contributed by atoms with Crippen LogP contribution >= 0.6 is 23.4 Å². The Morgan fingerprint density at radius 2 is 1.79 bits per heavy atom. The minimum absolute atomic E-state index is 0.0304. The average molecular weight is 433 g/mol. The number of hydrogen-bond acceptors (Lipinski definition) is 3. The van der Waals surface area contributed by atoms with Gasteiger partial charge in [0.25, 0.3) is 0 Å². The highest BCUT2D eigenvalue weighted by molar-refractivity contribution is 7.99. The van der Waals surface area contributed by atoms with Crippen molar-refractivity contribution < 1.29 is 9.59 Å². The number of hydrogen-bond donors (Lipinski definition) is 1. The number of carbonyl (C=O) groups excluding carboxylic acids is 2. The van der Waals surface area contributed by atoms with E-state index in [2.05, 4.69) is 5.32 Å². The molecule has 2 rings (SSSR count). The number of halogens is 1. The molecule has 0 heterocycles. The van der Waals surface area contributed by atoms with Gasteiger partial charge in [0.05, 0.1) is 5.75 Å². The van der Waals surface area contributed by atoms with Gasteiger partial charge in [-0.15, -0.1) is 11.8 Å². The smallest absolute Gasteiger partial charge is 0.242 e. The van der Waals surface area contributed by atoms with Crippen LogP contribution in [0.3, 0.4) is 0 Å². The van der Waals surface area contributed by atoms with Crippen LogP contribution < -0.4 is 5.32 Å². The van der Waals surface area contributed by atoms with E-state index in [0.717, 1.165) is 17.5 Å². The number of nitrogens with zero attached hydrogens (tertiary/aromatic N) is 1. The number of nitrogens with one attached hydrogen (secondary N) is 1. The van der Waals surface area contributed by atoms with Crippen LogP contribution in [0.2, 0.25) is 5.02 Å². The quantitative estimate of drug-likeness (QED) is 0.566. The van der Waals surface area contributed by atoms with Gasteiger partial charge in [-0.05, 0) is 37.0 Å². The summed E-state index contributed by atoms with van der Waals surface area (Å²) in [5.74, 6) is 0.834. The molecule has 0 radical (unpaired) electrons. The number of carbonyl (C=O) groups is 2. The first-order valence-corrected chi connectivity index (χ1v) is 11.5. The molecule has 0 bridgehead atoms. The molecule has 2 amide bonds. The minimum Gasteiger partial charge on any atom is -0.354 e. The van der Waals surface area contributed by atoms with Gasteiger partial charge in [0.15, 0.2) is 0 Å². The summed E-state index contributed by atoms with van der Waals surface area (Å²) in [6, 6.07) is 17.2. The van der Waals surface area contributed by atoms with Crippen LogP contribution in [0.25, 0.3) is 0 Å². The fraction of sp³-hybridized carbons (Fsp3) is 0.391. The predicted octanol–water partition coefficient (Wildman–Crippen LogP) is 4.56. The van der Waals surface area contributed by atoms with Crippen molar-refractivity contribution in [3.05, 3.63) is 70.7 Å². The van der Waals surface area contributed by atoms with Crippen LogP contribution in [0, 0.1) is 0 Å². The number of rotatable bonds is 11. The molecule has 2 aromatic carbocycles. The van der Waals surface area contributed by atoms with Crippen molar-refractivity contribution in [2.24, 2.45) is 0 Å². The molecule has 0 aromatic heterocycles. The average Bonchev–Trinajstić information content (AvgIpc) is 2.74. The summed E-state index contributed by atoms with van der Waals surface area (Å²) in [5, 5.41) is 3.61. The second kappa shape index (κ2) is 12.6. The zero-order chi connectivity index (χ0) is 21.1. The highest BCUT2D eigenvalue weighted by Gasteiger charge is 2.25. The lowest BCUT2D eigenvalue weighted by molar-refractivity contribution is -0.137. The Labute approximate surface area is 183 Å². The van der Waals surface area contributed by atoms with Gasteiger partial charge in [-0.1, -0.05) is 67.1 Å². The van der Waals surface area contributed by atoms with E-state index in [1.165, 1.54) is 11.8 Å². The fourth-order valence-electron chi connectivity index (χ4n) is 2.91. The summed E-state index contributed by atoms with van der Waals surface area (Å²) in [6.45, 7) is 4.93. The predicted molar refractivity (Wildman–Crippen MR) is 122 cm³/mol. The van der Waals surface area contributed by atoms with Gasteiger partial charge < -0.3 is 10.2 Å². The van der Waals surface area contributed by atoms with Crippen molar-refractivity contribution >= 4 is 35.2 Å². The lowest BCUT2D eigenvalue weighted by atomic mass is 10.1. The Morgan fingerprint density at radius 3 is 2.48 bits per heavy atom. The topological polar surface area (TPSA) is 49.4 Å². The molecular formula is C23H29ClN2O2S. The maximum atomic E-state index is 13.0. The van der Waals surface area contributed by atoms with Crippen LogP contribution in [0.1, 0.15) is 31.4 Å². The van der Waals surface area contributed by atoms with E-state index in [1.54, 1.807) is 11.8 Å². The van der Waals surface area contributed by atoms with E-state index in [0.29, 0.717) is 36.0 Å². The van der Waals surface area contributed by atoms with Gasteiger partial charge in [-0.25, -0.2) is 0 Å². The van der Waals surface area contributed by atoms with Gasteiger partial charge in [0, 0.05) is 23.9 Å². The molecule has 0 aliphatic carbocycles. The van der Waals surface area contributed by atoms with Gasteiger partial charge in [0.1, 0.15) is 6.04 Å². The molecule has 0 fully saturated rings. The monoisotopic (exact) mass is 432 g/mol. The van der Waals surface area contributed by atoms with E-state index in [-0.39, 0.29) is 11.8 Å². The summed E-state index contributed by atoms with van der Waals surface area (Å²) in [6.07, 6.45) is 1.58. The first kappa shape index (κ1) is 23.3. The molecule has 0 saturated carbocycles. The maximum Gasteiger partial charge on any atom is 0.242 e. The molecule has 6 heteroatoms. The highest BCUT2D eigenvalue weighted by atomic mass is 35.5. The molecular weight excluding hydrogens is 404 g/mol. The van der Waals surface area contributed by atoms with Crippen LogP contribution in [0.15, 0.2) is 54.6 Å². The first-order valence-electron chi connectivity index (χ1n) is 9.95. The first-order chi connectivity index (χ1) is 14.0. The lowest BCUT2D eigenvalue weighted by Crippen LogP contribution is -2.49. The molecule has 4 nitrogen and oxygen atoms in total. The molecule has 1 N–H and O–H groups in total. The summed E-state index contributed by atoms with van der Waals surface area (Å²) >= 11 is 7.72. The molecule has 156 valence electrons. The van der Waals surface area contributed by atoms with E-state index in [4.69, 9.17) is 11.6 Å². The molecule has 0 aliphatic rings. The zero-order valence-electron chi connectivity index (χ0n) is 17.1. The highest BCUT2D eigenvalue weighted by Crippen LogP contribution is 2.21. The molecule has 1 atom stereocenters. The molecule has 0 spiro atoms. The fourth-order valence-corrected chi connectivity index (χ4v) is 4.11. The van der Waals surface area contributed by atoms with E-state index in [1.807, 2.05) is 61.5 Å². The Kier molecular flexibility index (Phi) is 10.1. The molecule has 0 saturated heterocycles. The van der Waals surface area contributed by atoms with E-state index in [9.17, 15) is 9.59 Å². The van der Waals surface area contributed by atoms with Gasteiger partial charge in [-0.2, -0.15) is 0 Å². The number of amides is 2. The number of benzene rings is 2. The second-order valence-electron chi connectivity index (χ2n) is 6.87. The van der Waals surface area contributed by atoms with E-state index >= 15 is 0 Å². The third-order valence-corrected chi connectivity index (χ3v) is 5.98. The summed E-state index contributed by atoms with van der Waals surface area (Å²) in [4.78, 5) is 27.1. The van der Waals surface area contributed by atoms with Crippen LogP contribution in [-0.2, 0) is 21.8 Å². The zero-order valence-corrected chi connectivity index (χ0v) is 18.6. The van der Waals surface area contributed by atoms with Crippen LogP contribution in [-0.4, -0.2) is 41.6 Å². The van der Waals surface area contributed by atoms with Crippen LogP contribution in [0.4, 0.5) is 0 Å². The standard InChI is InChI=1S/C23H29ClN2O2S/c1-3-14-25-23(28)18(2)26(15-13-19-9-5-4-6-10-19)22(27)17-29-16-20-11-7-8-12-21(20)24/h4-12,18H,3,13-17H2,1-2H3,(H,25,28)/t18-/m0/s1. The van der Waals surface area contributed by atoms with Crippen molar-refractivity contribution in [1.82, 2.24) is 10.2 Å². The Morgan fingerprint density at radius 1 is 1.10 bits per heavy atom. The molecule has 29 heavy (non-hydrogen) atoms. The van der Waals surface area contributed by atoms with Crippen molar-refractivity contribution in [2.45, 2.75) is 38.5 Å². The summed E-state index contributed by atoms with van der Waals surface area (Å²) in [5.41, 5.74) is 2.16. The van der Waals surface area contributed by atoms with Gasteiger partial charge in [0.2, 0.25) is 11.8 Å². The van der Waals surface area contributed by atoms with Crippen molar-refractivity contribution in [2.75, 3.05) is 18.8 Å². The van der Waals surface area contributed by atoms with Gasteiger partial charge in [-0.3, -0.25) is 9.59 Å². The van der Waals surface area contributed by atoms with Crippen molar-refractivity contribution in [3.8, 4) is 0 Å². The summed E-state index contributed by atoms with van der Waals surface area (Å²) in [7, 11) is 0. The van der Waals surface area contributed by atoms with Crippen molar-refractivity contribution in [1.29, 1.82) is 0 Å². The molecule has 2 aromatic rings. The molecule has 0 unspecified atom stereocenters. The third-order valence-electron chi connectivity index (χ3n) is 4.64. The minimum atomic E-state index is -0.501. The van der Waals surface area contributed by atoms with Gasteiger partial charge >= 0.3 is 0 Å². The SMILES string of the molecule is CCCNC(=O)[C@H](C)N(CCc1ccccc1)C(=O)CSCc1ccccc1Cl. The Bertz CT molecular complexity index is 785.